The van der Waals surface area contributed by atoms with E-state index in [0.717, 1.165) is 30.8 Å². The lowest BCUT2D eigenvalue weighted by Crippen LogP contribution is -2.36. The van der Waals surface area contributed by atoms with Crippen LogP contribution in [0.3, 0.4) is 0 Å². The molecule has 0 saturated carbocycles. The van der Waals surface area contributed by atoms with Crippen LogP contribution in [0.25, 0.3) is 0 Å². The topological polar surface area (TPSA) is 75.4 Å². The van der Waals surface area contributed by atoms with Crippen LogP contribution in [0.5, 0.6) is 0 Å². The summed E-state index contributed by atoms with van der Waals surface area (Å²) in [5.74, 6) is 0.444. The van der Waals surface area contributed by atoms with Crippen molar-refractivity contribution in [3.05, 3.63) is 17.0 Å². The fourth-order valence-corrected chi connectivity index (χ4v) is 4.57. The Hall–Kier alpha value is -0.470. The molecule has 2 heterocycles. The van der Waals surface area contributed by atoms with Gasteiger partial charge in [-0.2, -0.15) is 0 Å². The van der Waals surface area contributed by atoms with Crippen molar-refractivity contribution in [1.29, 1.82) is 0 Å². The van der Waals surface area contributed by atoms with Crippen LogP contribution in [0.1, 0.15) is 17.7 Å². The average Bonchev–Trinajstić information content (AvgIpc) is 2.88. The second-order valence-electron chi connectivity index (χ2n) is 5.02. The zero-order chi connectivity index (χ0) is 13.9. The molecular weight excluding hydrogens is 282 g/mol. The highest BCUT2D eigenvalue weighted by Gasteiger charge is 2.21. The Balaban J connectivity index is 1.90. The van der Waals surface area contributed by atoms with Gasteiger partial charge in [-0.3, -0.25) is 0 Å². The summed E-state index contributed by atoms with van der Waals surface area (Å²) in [6, 6.07) is 3.40. The van der Waals surface area contributed by atoms with E-state index >= 15 is 0 Å². The first-order chi connectivity index (χ1) is 9.01. The molecule has 0 radical (unpaired) electrons. The molecule has 0 unspecified atom stereocenters. The number of piperidine rings is 1. The Bertz CT molecular complexity index is 505. The van der Waals surface area contributed by atoms with Crippen molar-refractivity contribution in [1.82, 2.24) is 9.62 Å². The van der Waals surface area contributed by atoms with Crippen LogP contribution in [-0.2, 0) is 16.6 Å². The molecule has 2 rings (SSSR count). The van der Waals surface area contributed by atoms with Gasteiger partial charge >= 0.3 is 0 Å². The molecule has 1 aromatic rings. The number of hydrogen-bond donors (Lipinski definition) is 2. The monoisotopic (exact) mass is 303 g/mol. The maximum atomic E-state index is 12.1. The van der Waals surface area contributed by atoms with Gasteiger partial charge in [0.2, 0.25) is 10.0 Å². The molecular formula is C12H21N3O2S2. The minimum Gasteiger partial charge on any atom is -0.326 e. The van der Waals surface area contributed by atoms with Gasteiger partial charge in [-0.15, -0.1) is 11.3 Å². The fourth-order valence-electron chi connectivity index (χ4n) is 2.18. The van der Waals surface area contributed by atoms with Gasteiger partial charge in [0, 0.05) is 18.0 Å². The molecule has 0 bridgehead atoms. The molecule has 0 atom stereocenters. The van der Waals surface area contributed by atoms with E-state index in [1.165, 1.54) is 11.3 Å². The number of thiophene rings is 1. The van der Waals surface area contributed by atoms with Crippen molar-refractivity contribution < 1.29 is 8.42 Å². The molecule has 108 valence electrons. The Labute approximate surface area is 118 Å². The normalized spacial score (nSPS) is 18.8. The molecule has 1 saturated heterocycles. The first-order valence-electron chi connectivity index (χ1n) is 6.48. The van der Waals surface area contributed by atoms with E-state index in [2.05, 4.69) is 16.7 Å². The lowest BCUT2D eigenvalue weighted by molar-refractivity contribution is 0.220. The maximum Gasteiger partial charge on any atom is 0.250 e. The van der Waals surface area contributed by atoms with E-state index < -0.39 is 10.0 Å². The van der Waals surface area contributed by atoms with Gasteiger partial charge in [-0.25, -0.2) is 13.1 Å². The largest absolute Gasteiger partial charge is 0.326 e. The maximum absolute atomic E-state index is 12.1. The summed E-state index contributed by atoms with van der Waals surface area (Å²) >= 11 is 1.24. The summed E-state index contributed by atoms with van der Waals surface area (Å²) in [5, 5.41) is 0. The minimum absolute atomic E-state index is 0.362. The molecule has 7 heteroatoms. The van der Waals surface area contributed by atoms with E-state index in [9.17, 15) is 8.42 Å². The van der Waals surface area contributed by atoms with Crippen molar-refractivity contribution in [3.8, 4) is 0 Å². The predicted octanol–water partition coefficient (Wildman–Crippen LogP) is 0.827. The number of nitrogens with one attached hydrogen (secondary N) is 1. The van der Waals surface area contributed by atoms with Crippen molar-refractivity contribution in [2.45, 2.75) is 23.6 Å². The third-order valence-corrected chi connectivity index (χ3v) is 6.53. The molecule has 19 heavy (non-hydrogen) atoms. The molecule has 1 aliphatic rings. The molecule has 0 aliphatic carbocycles. The third kappa shape index (κ3) is 4.00. The van der Waals surface area contributed by atoms with E-state index in [1.807, 2.05) is 0 Å². The number of hydrogen-bond acceptors (Lipinski definition) is 5. The molecule has 1 fully saturated rings. The van der Waals surface area contributed by atoms with Crippen LogP contribution >= 0.6 is 11.3 Å². The number of sulfonamides is 1. The summed E-state index contributed by atoms with van der Waals surface area (Å²) in [4.78, 5) is 3.16. The van der Waals surface area contributed by atoms with E-state index in [0.29, 0.717) is 23.2 Å². The van der Waals surface area contributed by atoms with Crippen LogP contribution in [0, 0.1) is 5.92 Å². The highest BCUT2D eigenvalue weighted by Crippen LogP contribution is 2.22. The SMILES string of the molecule is CN1CCC(CNS(=O)(=O)c2ccc(CN)s2)CC1. The van der Waals surface area contributed by atoms with Crippen molar-refractivity contribution >= 4 is 21.4 Å². The molecule has 0 amide bonds. The molecule has 3 N–H and O–H groups in total. The van der Waals surface area contributed by atoms with Gasteiger partial charge < -0.3 is 10.6 Å². The second kappa shape index (κ2) is 6.32. The van der Waals surface area contributed by atoms with Gasteiger partial charge in [-0.1, -0.05) is 0 Å². The van der Waals surface area contributed by atoms with Gasteiger partial charge in [0.25, 0.3) is 0 Å². The second-order valence-corrected chi connectivity index (χ2v) is 8.19. The van der Waals surface area contributed by atoms with Gasteiger partial charge in [0.1, 0.15) is 4.21 Å². The van der Waals surface area contributed by atoms with Gasteiger partial charge in [0.05, 0.1) is 0 Å². The third-order valence-electron chi connectivity index (χ3n) is 3.50. The number of nitrogens with two attached hydrogens (primary N) is 1. The summed E-state index contributed by atoms with van der Waals surface area (Å²) < 4.78 is 27.3. The first kappa shape index (κ1) is 14.9. The minimum atomic E-state index is -3.36. The summed E-state index contributed by atoms with van der Waals surface area (Å²) in [6.07, 6.45) is 2.11. The molecule has 1 aliphatic heterocycles. The molecule has 0 aromatic carbocycles. The van der Waals surface area contributed by atoms with Crippen LogP contribution in [0.15, 0.2) is 16.3 Å². The molecule has 0 spiro atoms. The smallest absolute Gasteiger partial charge is 0.250 e. The van der Waals surface area contributed by atoms with Crippen molar-refractivity contribution in [2.75, 3.05) is 26.7 Å². The average molecular weight is 303 g/mol. The van der Waals surface area contributed by atoms with Crippen LogP contribution in [0.4, 0.5) is 0 Å². The van der Waals surface area contributed by atoms with Gasteiger partial charge in [-0.05, 0) is 51.0 Å². The quantitative estimate of drug-likeness (QED) is 0.845. The van der Waals surface area contributed by atoms with E-state index in [-0.39, 0.29) is 0 Å². The lowest BCUT2D eigenvalue weighted by Gasteiger charge is -2.28. The van der Waals surface area contributed by atoms with Crippen LogP contribution in [-0.4, -0.2) is 40.0 Å². The molecule has 1 aromatic heterocycles. The zero-order valence-electron chi connectivity index (χ0n) is 11.1. The van der Waals surface area contributed by atoms with Crippen LogP contribution in [0.2, 0.25) is 0 Å². The first-order valence-corrected chi connectivity index (χ1v) is 8.78. The van der Waals surface area contributed by atoms with Crippen LogP contribution < -0.4 is 10.5 Å². The summed E-state index contributed by atoms with van der Waals surface area (Å²) in [7, 11) is -1.27. The Morgan fingerprint density at radius 2 is 2.11 bits per heavy atom. The zero-order valence-corrected chi connectivity index (χ0v) is 12.8. The fraction of sp³-hybridized carbons (Fsp3) is 0.667. The Morgan fingerprint density at radius 3 is 2.68 bits per heavy atom. The highest BCUT2D eigenvalue weighted by atomic mass is 32.2. The standard InChI is InChI=1S/C12H21N3O2S2/c1-15-6-4-10(5-7-15)9-14-19(16,17)12-3-2-11(8-13)18-12/h2-3,10,14H,4-9,13H2,1H3. The number of nitrogens with zero attached hydrogens (tertiary/aromatic N) is 1. The van der Waals surface area contributed by atoms with Crippen molar-refractivity contribution in [3.63, 3.8) is 0 Å². The van der Waals surface area contributed by atoms with Crippen molar-refractivity contribution in [2.24, 2.45) is 11.7 Å². The number of likely N-dealkylation sites (tertiary alicyclic amines) is 1. The predicted molar refractivity (Wildman–Crippen MR) is 77.6 cm³/mol. The van der Waals surface area contributed by atoms with Gasteiger partial charge in [0.15, 0.2) is 0 Å². The van der Waals surface area contributed by atoms with E-state index in [4.69, 9.17) is 5.73 Å². The van der Waals surface area contributed by atoms with E-state index in [1.54, 1.807) is 12.1 Å². The number of rotatable bonds is 5. The highest BCUT2D eigenvalue weighted by molar-refractivity contribution is 7.91. The summed E-state index contributed by atoms with van der Waals surface area (Å²) in [6.45, 7) is 3.01. The molecule has 5 nitrogen and oxygen atoms in total. The Kier molecular flexibility index (Phi) is 4.97. The summed E-state index contributed by atoms with van der Waals surface area (Å²) in [5.41, 5.74) is 5.50. The Morgan fingerprint density at radius 1 is 1.42 bits per heavy atom. The lowest BCUT2D eigenvalue weighted by atomic mass is 9.98.